The van der Waals surface area contributed by atoms with Gasteiger partial charge in [-0.3, -0.25) is 19.2 Å². The van der Waals surface area contributed by atoms with E-state index in [1.165, 1.54) is 57.4 Å². The monoisotopic (exact) mass is 1040 g/mol. The fourth-order valence-electron chi connectivity index (χ4n) is 13.8. The molecule has 0 aromatic carbocycles. The highest BCUT2D eigenvalue weighted by molar-refractivity contribution is 5.98. The van der Waals surface area contributed by atoms with Gasteiger partial charge in [0.25, 0.3) is 0 Å². The minimum atomic E-state index is -0.272. The van der Waals surface area contributed by atoms with E-state index >= 15 is 0 Å². The zero-order valence-corrected chi connectivity index (χ0v) is 53.4. The molecule has 0 heterocycles. The van der Waals surface area contributed by atoms with Crippen LogP contribution in [0.4, 0.5) is 0 Å². The minimum absolute atomic E-state index is 0. The van der Waals surface area contributed by atoms with Crippen molar-refractivity contribution in [1.82, 2.24) is 0 Å². The first-order valence-electron chi connectivity index (χ1n) is 29.0. The van der Waals surface area contributed by atoms with Crippen molar-refractivity contribution in [3.63, 3.8) is 0 Å². The van der Waals surface area contributed by atoms with Crippen molar-refractivity contribution in [2.24, 2.45) is 79.1 Å². The van der Waals surface area contributed by atoms with Crippen LogP contribution in [0.25, 0.3) is 0 Å². The summed E-state index contributed by atoms with van der Waals surface area (Å²) in [7, 11) is 0. The van der Waals surface area contributed by atoms with Gasteiger partial charge in [-0.2, -0.15) is 0 Å². The van der Waals surface area contributed by atoms with E-state index in [0.29, 0.717) is 34.0 Å². The smallest absolute Gasteiger partial charge is 0.161 e. The third-order valence-corrected chi connectivity index (χ3v) is 15.1. The number of allylic oxidation sites excluding steroid dienone is 6. The summed E-state index contributed by atoms with van der Waals surface area (Å²) in [6, 6.07) is -0.704. The maximum Gasteiger partial charge on any atom is 0.161 e. The predicted molar refractivity (Wildman–Crippen MR) is 327 cm³/mol. The average Bonchev–Trinajstić information content (AvgIpc) is 3.17. The molecule has 8 nitrogen and oxygen atoms in total. The number of hydrogen-bond acceptors (Lipinski definition) is 8. The highest BCUT2D eigenvalue weighted by Crippen LogP contribution is 2.52. The lowest BCUT2D eigenvalue weighted by Gasteiger charge is -2.47. The van der Waals surface area contributed by atoms with E-state index in [1.807, 2.05) is 13.8 Å². The van der Waals surface area contributed by atoms with Crippen molar-refractivity contribution >= 4 is 23.1 Å². The lowest BCUT2D eigenvalue weighted by atomic mass is 9.57. The number of nitrogens with two attached hydrogens (primary N) is 4. The van der Waals surface area contributed by atoms with Crippen molar-refractivity contribution in [2.75, 3.05) is 6.54 Å². The number of rotatable bonds is 15. The molecule has 0 fully saturated rings. The quantitative estimate of drug-likeness (QED) is 0.0927. The highest BCUT2D eigenvalue weighted by atomic mass is 16.1. The fourth-order valence-corrected chi connectivity index (χ4v) is 13.8. The van der Waals surface area contributed by atoms with Crippen LogP contribution in [0.2, 0.25) is 0 Å². The SMILES string of the molecule is C.CC(=O)C(N)CCCCN.CC1=C(C(C)(C)C)C(C)(C)CC(C)C1.CC1=C(C(C)(C)C)C(C)(C)CC(C)C1=O.CC1=CC(C)CC(C)(C)C1C(C)(C)C.CCCCCC(N)C(C)=O.CCCCCC(N)C(C)=O. The molecule has 0 aromatic heterocycles. The Morgan fingerprint density at radius 1 is 0.608 bits per heavy atom. The first-order valence-corrected chi connectivity index (χ1v) is 29.0. The first kappa shape index (κ1) is 78.2. The zero-order valence-electron chi connectivity index (χ0n) is 53.4. The van der Waals surface area contributed by atoms with E-state index in [0.717, 1.165) is 74.7 Å². The van der Waals surface area contributed by atoms with E-state index in [4.69, 9.17) is 22.9 Å². The van der Waals surface area contributed by atoms with Crippen LogP contribution in [0.5, 0.6) is 0 Å². The largest absolute Gasteiger partial charge is 0.330 e. The number of Topliss-reactive ketones (excluding diaryl/α,β-unsaturated/α-hetero) is 4. The topological polar surface area (TPSA) is 172 Å². The Kier molecular flexibility index (Phi) is 37.3. The first-order chi connectivity index (χ1) is 32.9. The van der Waals surface area contributed by atoms with Crippen LogP contribution < -0.4 is 22.9 Å². The minimum Gasteiger partial charge on any atom is -0.330 e. The normalized spacial score (nSPS) is 22.3. The van der Waals surface area contributed by atoms with Crippen molar-refractivity contribution in [3.05, 3.63) is 33.9 Å². The van der Waals surface area contributed by atoms with Crippen molar-refractivity contribution in [1.29, 1.82) is 0 Å². The number of carbonyl (C=O) groups excluding carboxylic acids is 4. The zero-order chi connectivity index (χ0) is 58.3. The van der Waals surface area contributed by atoms with Gasteiger partial charge in [0.1, 0.15) is 17.3 Å². The van der Waals surface area contributed by atoms with Gasteiger partial charge in [0, 0.05) is 5.92 Å². The summed E-state index contributed by atoms with van der Waals surface area (Å²) in [5.41, 5.74) is 30.9. The Labute approximate surface area is 461 Å². The molecular weight excluding hydrogens is 913 g/mol. The van der Waals surface area contributed by atoms with E-state index in [9.17, 15) is 19.2 Å². The molecule has 3 aliphatic carbocycles. The Hall–Kier alpha value is -2.26. The van der Waals surface area contributed by atoms with Crippen LogP contribution in [0.1, 0.15) is 284 Å². The van der Waals surface area contributed by atoms with Crippen LogP contribution in [0, 0.1) is 56.2 Å². The fraction of sp³-hybridized carbons (Fsp3) is 0.848. The van der Waals surface area contributed by atoms with Crippen molar-refractivity contribution < 1.29 is 19.2 Å². The average molecular weight is 1040 g/mol. The van der Waals surface area contributed by atoms with Gasteiger partial charge >= 0.3 is 0 Å². The molecule has 3 aliphatic rings. The summed E-state index contributed by atoms with van der Waals surface area (Å²) >= 11 is 0. The Morgan fingerprint density at radius 3 is 1.27 bits per heavy atom. The van der Waals surface area contributed by atoms with E-state index in [1.54, 1.807) is 30.6 Å². The lowest BCUT2D eigenvalue weighted by molar-refractivity contribution is -0.121. The number of ketones is 4. The van der Waals surface area contributed by atoms with Crippen LogP contribution in [-0.4, -0.2) is 47.8 Å². The standard InChI is InChI=1S/C14H24O.2C14H26.2C8H17NO.C7H16N2O.CH4/c1-9-8-14(6,7)12(13(3,4)5)10(2)11(9)15;2*1-10-8-11(2)12(13(3,4)5)14(6,7)9-10;2*1-3-4-5-6-8(9)7(2)10;1-6(10)7(9)4-2-3-5-8;/h9H,8H2,1-7H3;10H,8-9H2,1-7H3;8,10,12H,9H2,1-7H3;2*8H,3-6,9H2,1-2H3;7H,2-5,8-9H2,1H3;1H4. The van der Waals surface area contributed by atoms with Crippen molar-refractivity contribution in [3.8, 4) is 0 Å². The molecule has 0 bridgehead atoms. The van der Waals surface area contributed by atoms with Gasteiger partial charge in [0.15, 0.2) is 5.78 Å². The summed E-state index contributed by atoms with van der Waals surface area (Å²) < 4.78 is 0. The molecule has 7 atom stereocenters. The molecule has 74 heavy (non-hydrogen) atoms. The lowest BCUT2D eigenvalue weighted by Crippen LogP contribution is -2.39. The maximum atomic E-state index is 12.0. The molecular formula is C66H130N4O4. The Balaban J connectivity index is -0.000000400. The van der Waals surface area contributed by atoms with Crippen LogP contribution >= 0.6 is 0 Å². The maximum absolute atomic E-state index is 12.0. The van der Waals surface area contributed by atoms with Crippen LogP contribution in [0.15, 0.2) is 33.9 Å². The van der Waals surface area contributed by atoms with E-state index in [-0.39, 0.29) is 59.6 Å². The molecule has 0 spiro atoms. The molecule has 8 N–H and O–H groups in total. The Morgan fingerprint density at radius 2 is 0.973 bits per heavy atom. The third kappa shape index (κ3) is 30.6. The third-order valence-electron chi connectivity index (χ3n) is 15.1. The van der Waals surface area contributed by atoms with Gasteiger partial charge in [0.2, 0.25) is 0 Å². The number of unbranched alkanes of at least 4 members (excludes halogenated alkanes) is 5. The molecule has 0 amide bonds. The molecule has 0 radical (unpaired) electrons. The van der Waals surface area contributed by atoms with E-state index in [2.05, 4.69) is 151 Å². The van der Waals surface area contributed by atoms with E-state index < -0.39 is 0 Å². The molecule has 0 aromatic rings. The molecule has 0 saturated carbocycles. The molecule has 0 saturated heterocycles. The van der Waals surface area contributed by atoms with Gasteiger partial charge in [-0.15, -0.1) is 0 Å². The van der Waals surface area contributed by atoms with Gasteiger partial charge in [-0.1, -0.05) is 219 Å². The molecule has 7 unspecified atom stereocenters. The molecule has 3 rings (SSSR count). The van der Waals surface area contributed by atoms with Crippen LogP contribution in [0.3, 0.4) is 0 Å². The summed E-state index contributed by atoms with van der Waals surface area (Å²) in [5.74, 6) is 3.15. The Bertz CT molecular complexity index is 1680. The second kappa shape index (κ2) is 35.3. The highest BCUT2D eigenvalue weighted by Gasteiger charge is 2.43. The van der Waals surface area contributed by atoms with Gasteiger partial charge in [0.05, 0.1) is 18.1 Å². The predicted octanol–water partition coefficient (Wildman–Crippen LogP) is 17.1. The summed E-state index contributed by atoms with van der Waals surface area (Å²) in [6.07, 6.45) is 18.7. The second-order valence-electron chi connectivity index (χ2n) is 28.2. The molecule has 0 aliphatic heterocycles. The molecule has 8 heteroatoms. The van der Waals surface area contributed by atoms with Gasteiger partial charge < -0.3 is 22.9 Å². The number of hydrogen-bond donors (Lipinski definition) is 4. The summed E-state index contributed by atoms with van der Waals surface area (Å²) in [6.45, 7) is 58.0. The van der Waals surface area contributed by atoms with Crippen LogP contribution in [-0.2, 0) is 19.2 Å². The number of carbonyl (C=O) groups is 4. The molecule has 438 valence electrons. The summed E-state index contributed by atoms with van der Waals surface area (Å²) in [4.78, 5) is 43.8. The van der Waals surface area contributed by atoms with Crippen molar-refractivity contribution in [2.45, 2.75) is 302 Å². The second-order valence-corrected chi connectivity index (χ2v) is 28.2. The summed E-state index contributed by atoms with van der Waals surface area (Å²) in [5, 5.41) is 0. The van der Waals surface area contributed by atoms with Gasteiger partial charge in [-0.25, -0.2) is 0 Å². The van der Waals surface area contributed by atoms with Gasteiger partial charge in [-0.05, 0) is 155 Å².